The molecule has 0 radical (unpaired) electrons. The van der Waals surface area contributed by atoms with Crippen LogP contribution in [0, 0.1) is 0 Å². The maximum Gasteiger partial charge on any atom is 0.191 e. The Morgan fingerprint density at radius 3 is 2.57 bits per heavy atom. The average Bonchev–Trinajstić information content (AvgIpc) is 2.95. The number of guanidine groups is 1. The number of nitrogens with zero attached hydrogens (tertiary/aromatic N) is 3. The number of nitrogens with one attached hydrogen (secondary N) is 2. The SMILES string of the molecule is CN=C(NCc1cccc(Cn2cccn2)c1)NC(C)(C)C.I. The highest BCUT2D eigenvalue weighted by molar-refractivity contribution is 14.0. The highest BCUT2D eigenvalue weighted by atomic mass is 127. The van der Waals surface area contributed by atoms with Crippen LogP contribution in [0.2, 0.25) is 0 Å². The van der Waals surface area contributed by atoms with Crippen LogP contribution in [0.1, 0.15) is 31.9 Å². The third kappa shape index (κ3) is 7.02. The van der Waals surface area contributed by atoms with Gasteiger partial charge in [-0.1, -0.05) is 24.3 Å². The zero-order valence-electron chi connectivity index (χ0n) is 14.2. The summed E-state index contributed by atoms with van der Waals surface area (Å²) >= 11 is 0. The van der Waals surface area contributed by atoms with E-state index in [0.29, 0.717) is 0 Å². The standard InChI is InChI=1S/C17H25N5.HI/c1-17(2,3)21-16(18-4)19-12-14-7-5-8-15(11-14)13-22-10-6-9-20-22;/h5-11H,12-13H2,1-4H3,(H2,18,19,21);1H. The lowest BCUT2D eigenvalue weighted by molar-refractivity contribution is 0.501. The Balaban J connectivity index is 0.00000264. The molecule has 1 aromatic carbocycles. The number of halogens is 1. The molecule has 0 spiro atoms. The topological polar surface area (TPSA) is 54.2 Å². The summed E-state index contributed by atoms with van der Waals surface area (Å²) in [6, 6.07) is 10.4. The highest BCUT2D eigenvalue weighted by Gasteiger charge is 2.11. The second kappa shape index (κ2) is 8.90. The third-order valence-corrected chi connectivity index (χ3v) is 3.07. The Bertz CT molecular complexity index is 614. The Morgan fingerprint density at radius 2 is 1.96 bits per heavy atom. The summed E-state index contributed by atoms with van der Waals surface area (Å²) in [6.07, 6.45) is 3.77. The second-order valence-corrected chi connectivity index (χ2v) is 6.32. The molecule has 0 aliphatic carbocycles. The first-order chi connectivity index (χ1) is 10.5. The zero-order chi connectivity index (χ0) is 16.0. The molecule has 0 aliphatic rings. The van der Waals surface area contributed by atoms with E-state index in [-0.39, 0.29) is 29.5 Å². The Morgan fingerprint density at radius 1 is 1.22 bits per heavy atom. The molecular formula is C17H26IN5. The van der Waals surface area contributed by atoms with Gasteiger partial charge in [-0.15, -0.1) is 24.0 Å². The molecule has 0 atom stereocenters. The molecule has 1 heterocycles. The average molecular weight is 427 g/mol. The van der Waals surface area contributed by atoms with E-state index in [1.165, 1.54) is 11.1 Å². The van der Waals surface area contributed by atoms with Gasteiger partial charge >= 0.3 is 0 Å². The lowest BCUT2D eigenvalue weighted by atomic mass is 10.1. The van der Waals surface area contributed by atoms with Gasteiger partial charge in [-0.3, -0.25) is 9.67 Å². The van der Waals surface area contributed by atoms with Gasteiger partial charge in [-0.25, -0.2) is 0 Å². The van der Waals surface area contributed by atoms with E-state index in [4.69, 9.17) is 0 Å². The monoisotopic (exact) mass is 427 g/mol. The summed E-state index contributed by atoms with van der Waals surface area (Å²) in [5.41, 5.74) is 2.45. The largest absolute Gasteiger partial charge is 0.352 e. The van der Waals surface area contributed by atoms with Crippen LogP contribution in [-0.4, -0.2) is 28.3 Å². The predicted octanol–water partition coefficient (Wildman–Crippen LogP) is 3.01. The molecule has 0 bridgehead atoms. The summed E-state index contributed by atoms with van der Waals surface area (Å²) in [5, 5.41) is 10.9. The molecule has 5 nitrogen and oxygen atoms in total. The van der Waals surface area contributed by atoms with Gasteiger partial charge in [0.2, 0.25) is 0 Å². The summed E-state index contributed by atoms with van der Waals surface area (Å²) in [4.78, 5) is 4.25. The van der Waals surface area contributed by atoms with E-state index in [2.05, 4.69) is 65.8 Å². The minimum Gasteiger partial charge on any atom is -0.352 e. The molecule has 0 fully saturated rings. The number of aliphatic imine (C=N–C) groups is 1. The molecule has 0 unspecified atom stereocenters. The van der Waals surface area contributed by atoms with Crippen LogP contribution in [-0.2, 0) is 13.1 Å². The number of hydrogen-bond acceptors (Lipinski definition) is 2. The Labute approximate surface area is 155 Å². The van der Waals surface area contributed by atoms with Crippen molar-refractivity contribution in [2.24, 2.45) is 4.99 Å². The van der Waals surface area contributed by atoms with E-state index in [1.54, 1.807) is 13.2 Å². The maximum absolute atomic E-state index is 4.25. The lowest BCUT2D eigenvalue weighted by Crippen LogP contribution is -2.47. The zero-order valence-corrected chi connectivity index (χ0v) is 16.5. The van der Waals surface area contributed by atoms with Crippen molar-refractivity contribution in [1.82, 2.24) is 20.4 Å². The minimum atomic E-state index is -0.0101. The van der Waals surface area contributed by atoms with Crippen LogP contribution < -0.4 is 10.6 Å². The van der Waals surface area contributed by atoms with Gasteiger partial charge in [0.15, 0.2) is 5.96 Å². The van der Waals surface area contributed by atoms with Gasteiger partial charge in [0.05, 0.1) is 6.54 Å². The first-order valence-electron chi connectivity index (χ1n) is 7.50. The smallest absolute Gasteiger partial charge is 0.191 e. The van der Waals surface area contributed by atoms with Crippen molar-refractivity contribution >= 4 is 29.9 Å². The number of hydrogen-bond donors (Lipinski definition) is 2. The normalized spacial score (nSPS) is 11.7. The van der Waals surface area contributed by atoms with Crippen molar-refractivity contribution < 1.29 is 0 Å². The predicted molar refractivity (Wildman–Crippen MR) is 106 cm³/mol. The summed E-state index contributed by atoms with van der Waals surface area (Å²) < 4.78 is 1.92. The second-order valence-electron chi connectivity index (χ2n) is 6.32. The van der Waals surface area contributed by atoms with E-state index < -0.39 is 0 Å². The lowest BCUT2D eigenvalue weighted by Gasteiger charge is -2.23. The van der Waals surface area contributed by atoms with E-state index in [0.717, 1.165) is 19.0 Å². The van der Waals surface area contributed by atoms with Gasteiger partial charge in [0.25, 0.3) is 0 Å². The van der Waals surface area contributed by atoms with Crippen molar-refractivity contribution in [3.8, 4) is 0 Å². The van der Waals surface area contributed by atoms with Gasteiger partial charge in [0, 0.05) is 31.5 Å². The van der Waals surface area contributed by atoms with Crippen LogP contribution >= 0.6 is 24.0 Å². The molecule has 0 saturated heterocycles. The van der Waals surface area contributed by atoms with Crippen LogP contribution in [0.25, 0.3) is 0 Å². The fourth-order valence-electron chi connectivity index (χ4n) is 2.14. The van der Waals surface area contributed by atoms with Crippen LogP contribution in [0.4, 0.5) is 0 Å². The molecular weight excluding hydrogens is 401 g/mol. The van der Waals surface area contributed by atoms with E-state index in [1.807, 2.05) is 16.9 Å². The third-order valence-electron chi connectivity index (χ3n) is 3.07. The van der Waals surface area contributed by atoms with E-state index >= 15 is 0 Å². The molecule has 0 saturated carbocycles. The van der Waals surface area contributed by atoms with E-state index in [9.17, 15) is 0 Å². The van der Waals surface area contributed by atoms with Gasteiger partial charge < -0.3 is 10.6 Å². The molecule has 0 aliphatic heterocycles. The molecule has 2 aromatic rings. The van der Waals surface area contributed by atoms with Crippen molar-refractivity contribution in [2.75, 3.05) is 7.05 Å². The molecule has 0 amide bonds. The number of aromatic nitrogens is 2. The summed E-state index contributed by atoms with van der Waals surface area (Å²) in [7, 11) is 1.79. The van der Waals surface area contributed by atoms with Crippen LogP contribution in [0.5, 0.6) is 0 Å². The van der Waals surface area contributed by atoms with Crippen LogP contribution in [0.3, 0.4) is 0 Å². The highest BCUT2D eigenvalue weighted by Crippen LogP contribution is 2.07. The van der Waals surface area contributed by atoms with Gasteiger partial charge in [0.1, 0.15) is 0 Å². The van der Waals surface area contributed by atoms with Crippen molar-refractivity contribution in [2.45, 2.75) is 39.4 Å². The van der Waals surface area contributed by atoms with Crippen LogP contribution in [0.15, 0.2) is 47.7 Å². The Hall–Kier alpha value is -1.57. The quantitative estimate of drug-likeness (QED) is 0.448. The fourth-order valence-corrected chi connectivity index (χ4v) is 2.14. The van der Waals surface area contributed by atoms with Crippen molar-refractivity contribution in [3.63, 3.8) is 0 Å². The molecule has 2 rings (SSSR count). The van der Waals surface area contributed by atoms with Gasteiger partial charge in [-0.05, 0) is 38.0 Å². The first kappa shape index (κ1) is 19.5. The summed E-state index contributed by atoms with van der Waals surface area (Å²) in [6.45, 7) is 7.87. The minimum absolute atomic E-state index is 0. The fraction of sp³-hybridized carbons (Fsp3) is 0.412. The van der Waals surface area contributed by atoms with Crippen molar-refractivity contribution in [3.05, 3.63) is 53.9 Å². The summed E-state index contributed by atoms with van der Waals surface area (Å²) in [5.74, 6) is 0.810. The van der Waals surface area contributed by atoms with Gasteiger partial charge in [-0.2, -0.15) is 5.10 Å². The molecule has 126 valence electrons. The molecule has 23 heavy (non-hydrogen) atoms. The molecule has 2 N–H and O–H groups in total. The first-order valence-corrected chi connectivity index (χ1v) is 7.50. The molecule has 6 heteroatoms. The molecule has 1 aromatic heterocycles. The number of rotatable bonds is 4. The maximum atomic E-state index is 4.25. The number of benzene rings is 1. The Kier molecular flexibility index (Phi) is 7.54. The van der Waals surface area contributed by atoms with Crippen molar-refractivity contribution in [1.29, 1.82) is 0 Å².